The van der Waals surface area contributed by atoms with E-state index in [0.29, 0.717) is 17.9 Å². The molecule has 0 aliphatic heterocycles. The van der Waals surface area contributed by atoms with Gasteiger partial charge in [-0.1, -0.05) is 18.2 Å². The highest BCUT2D eigenvalue weighted by atomic mass is 19.1. The van der Waals surface area contributed by atoms with Gasteiger partial charge in [-0.3, -0.25) is 0 Å². The van der Waals surface area contributed by atoms with Gasteiger partial charge >= 0.3 is 0 Å². The molecular weight excluding hydrogens is 231 g/mol. The number of rotatable bonds is 3. The van der Waals surface area contributed by atoms with Crippen molar-refractivity contribution in [2.45, 2.75) is 6.54 Å². The normalized spacial score (nSPS) is 10.7. The van der Waals surface area contributed by atoms with Crippen molar-refractivity contribution >= 4 is 11.3 Å². The average molecular weight is 242 g/mol. The molecule has 0 fully saturated rings. The van der Waals surface area contributed by atoms with Gasteiger partial charge in [0.1, 0.15) is 11.3 Å². The van der Waals surface area contributed by atoms with Crippen molar-refractivity contribution in [3.05, 3.63) is 60.3 Å². The number of nitrogens with zero attached hydrogens (tertiary/aromatic N) is 3. The minimum atomic E-state index is -0.217. The fourth-order valence-electron chi connectivity index (χ4n) is 1.81. The molecule has 4 nitrogen and oxygen atoms in total. The van der Waals surface area contributed by atoms with Gasteiger partial charge in [0, 0.05) is 24.5 Å². The molecule has 1 aromatic carbocycles. The van der Waals surface area contributed by atoms with E-state index in [4.69, 9.17) is 0 Å². The second kappa shape index (κ2) is 4.44. The third-order valence-electron chi connectivity index (χ3n) is 2.73. The van der Waals surface area contributed by atoms with Crippen molar-refractivity contribution in [2.75, 3.05) is 5.32 Å². The molecule has 5 heteroatoms. The van der Waals surface area contributed by atoms with Crippen LogP contribution >= 0.6 is 0 Å². The highest BCUT2D eigenvalue weighted by molar-refractivity contribution is 5.66. The maximum atomic E-state index is 13.5. The second-order valence-electron chi connectivity index (χ2n) is 3.88. The van der Waals surface area contributed by atoms with E-state index >= 15 is 0 Å². The van der Waals surface area contributed by atoms with Gasteiger partial charge < -0.3 is 5.32 Å². The second-order valence-corrected chi connectivity index (χ2v) is 3.88. The zero-order valence-corrected chi connectivity index (χ0v) is 9.55. The molecule has 90 valence electrons. The van der Waals surface area contributed by atoms with E-state index in [1.165, 1.54) is 6.07 Å². The fraction of sp³-hybridized carbons (Fsp3) is 0.0769. The summed E-state index contributed by atoms with van der Waals surface area (Å²) in [5.74, 6) is 0.476. The number of hydrogen-bond acceptors (Lipinski definition) is 3. The third-order valence-corrected chi connectivity index (χ3v) is 2.73. The van der Waals surface area contributed by atoms with E-state index in [2.05, 4.69) is 15.4 Å². The minimum Gasteiger partial charge on any atom is -0.364 e. The number of anilines is 1. The third kappa shape index (κ3) is 1.90. The molecule has 0 bridgehead atoms. The lowest BCUT2D eigenvalue weighted by Crippen LogP contribution is -2.04. The fourth-order valence-corrected chi connectivity index (χ4v) is 1.81. The quantitative estimate of drug-likeness (QED) is 0.767. The van der Waals surface area contributed by atoms with Gasteiger partial charge in [-0.05, 0) is 12.1 Å². The maximum Gasteiger partial charge on any atom is 0.152 e. The Morgan fingerprint density at radius 1 is 1.17 bits per heavy atom. The van der Waals surface area contributed by atoms with Crippen LogP contribution in [0.15, 0.2) is 48.9 Å². The Bertz CT molecular complexity index is 677. The average Bonchev–Trinajstić information content (AvgIpc) is 2.86. The lowest BCUT2D eigenvalue weighted by molar-refractivity contribution is 0.613. The molecule has 0 saturated carbocycles. The summed E-state index contributed by atoms with van der Waals surface area (Å²) in [6.07, 6.45) is 5.12. The first-order valence-corrected chi connectivity index (χ1v) is 5.60. The lowest BCUT2D eigenvalue weighted by Gasteiger charge is -2.07. The van der Waals surface area contributed by atoms with Gasteiger partial charge in [0.25, 0.3) is 0 Å². The summed E-state index contributed by atoms with van der Waals surface area (Å²) in [5, 5.41) is 7.23. The summed E-state index contributed by atoms with van der Waals surface area (Å²) in [5.41, 5.74) is 1.48. The van der Waals surface area contributed by atoms with Gasteiger partial charge in [0.05, 0.1) is 6.20 Å². The standard InChI is InChI=1S/C13H11FN4/c14-11-4-2-1-3-10(11)9-16-13-12-5-6-17-18(12)8-7-15-13/h1-8H,9H2,(H,15,16). The lowest BCUT2D eigenvalue weighted by atomic mass is 10.2. The topological polar surface area (TPSA) is 42.2 Å². The molecule has 1 N–H and O–H groups in total. The van der Waals surface area contributed by atoms with Crippen LogP contribution in [-0.2, 0) is 6.54 Å². The van der Waals surface area contributed by atoms with Crippen LogP contribution in [0.3, 0.4) is 0 Å². The Hall–Kier alpha value is -2.43. The number of fused-ring (bicyclic) bond motifs is 1. The van der Waals surface area contributed by atoms with E-state index in [1.54, 1.807) is 35.2 Å². The molecule has 0 spiro atoms. The Balaban J connectivity index is 1.85. The van der Waals surface area contributed by atoms with Crippen LogP contribution in [0.25, 0.3) is 5.52 Å². The largest absolute Gasteiger partial charge is 0.364 e. The molecular formula is C13H11FN4. The van der Waals surface area contributed by atoms with Crippen LogP contribution in [-0.4, -0.2) is 14.6 Å². The first kappa shape index (κ1) is 10.7. The summed E-state index contributed by atoms with van der Waals surface area (Å²) < 4.78 is 15.2. The number of hydrogen-bond donors (Lipinski definition) is 1. The molecule has 0 aliphatic rings. The smallest absolute Gasteiger partial charge is 0.152 e. The molecule has 3 aromatic rings. The van der Waals surface area contributed by atoms with Gasteiger partial charge in [-0.2, -0.15) is 5.10 Å². The van der Waals surface area contributed by atoms with E-state index in [1.807, 2.05) is 12.1 Å². The van der Waals surface area contributed by atoms with E-state index in [0.717, 1.165) is 5.52 Å². The predicted octanol–water partition coefficient (Wildman–Crippen LogP) is 2.48. The summed E-state index contributed by atoms with van der Waals surface area (Å²) >= 11 is 0. The first-order valence-electron chi connectivity index (χ1n) is 5.60. The molecule has 0 atom stereocenters. The van der Waals surface area contributed by atoms with Crippen LogP contribution in [0.4, 0.5) is 10.2 Å². The van der Waals surface area contributed by atoms with Crippen molar-refractivity contribution in [2.24, 2.45) is 0 Å². The van der Waals surface area contributed by atoms with Crippen LogP contribution < -0.4 is 5.32 Å². The summed E-state index contributed by atoms with van der Waals surface area (Å²) in [4.78, 5) is 4.23. The number of nitrogens with one attached hydrogen (secondary N) is 1. The molecule has 2 heterocycles. The highest BCUT2D eigenvalue weighted by Gasteiger charge is 2.04. The van der Waals surface area contributed by atoms with Crippen LogP contribution in [0.2, 0.25) is 0 Å². The van der Waals surface area contributed by atoms with Gasteiger partial charge in [-0.25, -0.2) is 13.9 Å². The van der Waals surface area contributed by atoms with Crippen LogP contribution in [0, 0.1) is 5.82 Å². The molecule has 0 aliphatic carbocycles. The van der Waals surface area contributed by atoms with Crippen molar-refractivity contribution in [1.82, 2.24) is 14.6 Å². The van der Waals surface area contributed by atoms with E-state index < -0.39 is 0 Å². The number of benzene rings is 1. The van der Waals surface area contributed by atoms with Crippen LogP contribution in [0.5, 0.6) is 0 Å². The SMILES string of the molecule is Fc1ccccc1CNc1nccn2nccc12. The Morgan fingerprint density at radius 3 is 2.94 bits per heavy atom. The molecule has 0 saturated heterocycles. The van der Waals surface area contributed by atoms with Crippen LogP contribution in [0.1, 0.15) is 5.56 Å². The van der Waals surface area contributed by atoms with E-state index in [9.17, 15) is 4.39 Å². The van der Waals surface area contributed by atoms with Crippen molar-refractivity contribution < 1.29 is 4.39 Å². The molecule has 0 unspecified atom stereocenters. The molecule has 2 aromatic heterocycles. The van der Waals surface area contributed by atoms with Crippen molar-refractivity contribution in [3.8, 4) is 0 Å². The van der Waals surface area contributed by atoms with Gasteiger partial charge in [-0.15, -0.1) is 0 Å². The molecule has 0 radical (unpaired) electrons. The maximum absolute atomic E-state index is 13.5. The Morgan fingerprint density at radius 2 is 2.06 bits per heavy atom. The van der Waals surface area contributed by atoms with Gasteiger partial charge in [0.15, 0.2) is 5.82 Å². The molecule has 0 amide bonds. The predicted molar refractivity (Wildman–Crippen MR) is 66.7 cm³/mol. The highest BCUT2D eigenvalue weighted by Crippen LogP contribution is 2.14. The molecule has 18 heavy (non-hydrogen) atoms. The Kier molecular flexibility index (Phi) is 2.64. The number of halogens is 1. The van der Waals surface area contributed by atoms with Crippen molar-refractivity contribution in [1.29, 1.82) is 0 Å². The summed E-state index contributed by atoms with van der Waals surface area (Å²) in [6.45, 7) is 0.393. The monoisotopic (exact) mass is 242 g/mol. The zero-order valence-electron chi connectivity index (χ0n) is 9.55. The number of aromatic nitrogens is 3. The minimum absolute atomic E-state index is 0.217. The zero-order chi connectivity index (χ0) is 12.4. The van der Waals surface area contributed by atoms with Crippen molar-refractivity contribution in [3.63, 3.8) is 0 Å². The van der Waals surface area contributed by atoms with Gasteiger partial charge in [0.2, 0.25) is 0 Å². The van der Waals surface area contributed by atoms with E-state index in [-0.39, 0.29) is 5.82 Å². The summed E-state index contributed by atoms with van der Waals surface area (Å²) in [7, 11) is 0. The summed E-state index contributed by atoms with van der Waals surface area (Å²) in [6, 6.07) is 8.54. The first-order chi connectivity index (χ1) is 8.84. The Labute approximate surface area is 103 Å². The molecule has 3 rings (SSSR count).